The van der Waals surface area contributed by atoms with Crippen LogP contribution in [0.1, 0.15) is 23.2 Å². The number of rotatable bonds is 6. The molecule has 2 amide bonds. The Labute approximate surface area is 128 Å². The van der Waals surface area contributed by atoms with E-state index < -0.39 is 23.8 Å². The van der Waals surface area contributed by atoms with Crippen molar-refractivity contribution in [1.82, 2.24) is 5.32 Å². The van der Waals surface area contributed by atoms with Crippen molar-refractivity contribution < 1.29 is 24.6 Å². The highest BCUT2D eigenvalue weighted by Crippen LogP contribution is 2.19. The third-order valence-corrected chi connectivity index (χ3v) is 3.16. The molecule has 1 aromatic rings. The number of aliphatic carboxylic acids is 1. The molecule has 0 unspecified atom stereocenters. The van der Waals surface area contributed by atoms with E-state index in [1.165, 1.54) is 12.1 Å². The van der Waals surface area contributed by atoms with Crippen LogP contribution in [0.25, 0.3) is 0 Å². The van der Waals surface area contributed by atoms with Crippen molar-refractivity contribution in [2.45, 2.75) is 18.9 Å². The standard InChI is InChI=1S/C12H13IN2O5/c13-6-1-3-9(16)7(5-6)11(18)15-8(12(19)20)2-4-10(14)17/h1,3,5,8,16H,2,4H2,(H2,14,17)(H,15,18)(H,19,20)/t8-/m1/s1. The first-order chi connectivity index (χ1) is 9.31. The van der Waals surface area contributed by atoms with Crippen molar-refractivity contribution in [3.8, 4) is 5.75 Å². The summed E-state index contributed by atoms with van der Waals surface area (Å²) in [5.74, 6) is -2.90. The van der Waals surface area contributed by atoms with Gasteiger partial charge in [0.2, 0.25) is 5.91 Å². The van der Waals surface area contributed by atoms with Crippen LogP contribution < -0.4 is 11.1 Å². The number of hydrogen-bond donors (Lipinski definition) is 4. The molecule has 8 heteroatoms. The first-order valence-electron chi connectivity index (χ1n) is 5.61. The Balaban J connectivity index is 2.82. The lowest BCUT2D eigenvalue weighted by Crippen LogP contribution is -2.41. The Hall–Kier alpha value is -1.84. The molecule has 7 nitrogen and oxygen atoms in total. The van der Waals surface area contributed by atoms with Gasteiger partial charge < -0.3 is 21.3 Å². The lowest BCUT2D eigenvalue weighted by Gasteiger charge is -2.14. The van der Waals surface area contributed by atoms with E-state index in [-0.39, 0.29) is 24.2 Å². The molecule has 0 aliphatic heterocycles. The second-order valence-electron chi connectivity index (χ2n) is 4.03. The zero-order chi connectivity index (χ0) is 15.3. The second-order valence-corrected chi connectivity index (χ2v) is 5.28. The maximum Gasteiger partial charge on any atom is 0.326 e. The Morgan fingerprint density at radius 3 is 2.55 bits per heavy atom. The van der Waals surface area contributed by atoms with Crippen molar-refractivity contribution in [2.24, 2.45) is 5.73 Å². The number of benzene rings is 1. The molecule has 0 heterocycles. The van der Waals surface area contributed by atoms with Crippen molar-refractivity contribution in [1.29, 1.82) is 0 Å². The first-order valence-corrected chi connectivity index (χ1v) is 6.69. The molecule has 0 fully saturated rings. The van der Waals surface area contributed by atoms with E-state index in [0.717, 1.165) is 3.57 Å². The van der Waals surface area contributed by atoms with Gasteiger partial charge in [0.1, 0.15) is 11.8 Å². The number of carbonyl (C=O) groups is 3. The smallest absolute Gasteiger partial charge is 0.326 e. The highest BCUT2D eigenvalue weighted by Gasteiger charge is 2.22. The number of amides is 2. The van der Waals surface area contributed by atoms with E-state index in [2.05, 4.69) is 5.32 Å². The van der Waals surface area contributed by atoms with E-state index in [9.17, 15) is 19.5 Å². The number of carboxylic acids is 1. The van der Waals surface area contributed by atoms with Crippen LogP contribution in [0.2, 0.25) is 0 Å². The average Bonchev–Trinajstić information content (AvgIpc) is 2.36. The topological polar surface area (TPSA) is 130 Å². The van der Waals surface area contributed by atoms with Crippen LogP contribution >= 0.6 is 22.6 Å². The number of carbonyl (C=O) groups excluding carboxylic acids is 2. The summed E-state index contributed by atoms with van der Waals surface area (Å²) >= 11 is 1.96. The third-order valence-electron chi connectivity index (χ3n) is 2.49. The number of nitrogens with two attached hydrogens (primary N) is 1. The number of carboxylic acid groups (broad SMARTS) is 1. The fourth-order valence-corrected chi connectivity index (χ4v) is 1.96. The largest absolute Gasteiger partial charge is 0.507 e. The van der Waals surface area contributed by atoms with Crippen molar-refractivity contribution in [3.05, 3.63) is 27.3 Å². The lowest BCUT2D eigenvalue weighted by atomic mass is 10.1. The van der Waals surface area contributed by atoms with Gasteiger partial charge in [-0.15, -0.1) is 0 Å². The van der Waals surface area contributed by atoms with Crippen molar-refractivity contribution in [2.75, 3.05) is 0 Å². The summed E-state index contributed by atoms with van der Waals surface area (Å²) in [5.41, 5.74) is 4.92. The molecule has 0 aromatic heterocycles. The van der Waals surface area contributed by atoms with Gasteiger partial charge in [0.05, 0.1) is 5.56 Å². The Morgan fingerprint density at radius 1 is 1.35 bits per heavy atom. The molecule has 0 spiro atoms. The number of hydrogen-bond acceptors (Lipinski definition) is 4. The summed E-state index contributed by atoms with van der Waals surface area (Å²) in [6, 6.07) is 3.13. The molecule has 1 atom stereocenters. The van der Waals surface area contributed by atoms with E-state index in [1.54, 1.807) is 6.07 Å². The number of halogens is 1. The predicted molar refractivity (Wildman–Crippen MR) is 78.1 cm³/mol. The van der Waals surface area contributed by atoms with Gasteiger partial charge in [-0.1, -0.05) is 0 Å². The zero-order valence-corrected chi connectivity index (χ0v) is 12.5. The molecular formula is C12H13IN2O5. The molecule has 20 heavy (non-hydrogen) atoms. The molecule has 5 N–H and O–H groups in total. The van der Waals surface area contributed by atoms with E-state index in [4.69, 9.17) is 10.8 Å². The Bertz CT molecular complexity index is 547. The van der Waals surface area contributed by atoms with Crippen LogP contribution in [0.15, 0.2) is 18.2 Å². The van der Waals surface area contributed by atoms with Crippen LogP contribution in [-0.2, 0) is 9.59 Å². The summed E-state index contributed by atoms with van der Waals surface area (Å²) in [6.07, 6.45) is -0.267. The summed E-state index contributed by atoms with van der Waals surface area (Å²) < 4.78 is 0.717. The van der Waals surface area contributed by atoms with Gasteiger partial charge >= 0.3 is 5.97 Å². The van der Waals surface area contributed by atoms with Crippen molar-refractivity contribution in [3.63, 3.8) is 0 Å². The fraction of sp³-hybridized carbons (Fsp3) is 0.250. The van der Waals surface area contributed by atoms with Gasteiger partial charge in [-0.25, -0.2) is 4.79 Å². The monoisotopic (exact) mass is 392 g/mol. The number of phenols is 1. The van der Waals surface area contributed by atoms with Gasteiger partial charge in [0, 0.05) is 9.99 Å². The quantitative estimate of drug-likeness (QED) is 0.523. The molecule has 1 rings (SSSR count). The number of phenolic OH excluding ortho intramolecular Hbond substituents is 1. The highest BCUT2D eigenvalue weighted by atomic mass is 127. The van der Waals surface area contributed by atoms with Gasteiger partial charge in [0.15, 0.2) is 0 Å². The van der Waals surface area contributed by atoms with Crippen LogP contribution in [0.4, 0.5) is 0 Å². The normalized spacial score (nSPS) is 11.7. The maximum absolute atomic E-state index is 11.9. The van der Waals surface area contributed by atoms with Crippen LogP contribution in [0.3, 0.4) is 0 Å². The lowest BCUT2D eigenvalue weighted by molar-refractivity contribution is -0.139. The minimum atomic E-state index is -1.27. The number of nitrogens with one attached hydrogen (secondary N) is 1. The molecule has 0 saturated carbocycles. The molecule has 1 aromatic carbocycles. The van der Waals surface area contributed by atoms with Gasteiger partial charge in [-0.05, 0) is 47.2 Å². The van der Waals surface area contributed by atoms with Crippen LogP contribution in [0.5, 0.6) is 5.75 Å². The fourth-order valence-electron chi connectivity index (χ4n) is 1.47. The second kappa shape index (κ2) is 7.08. The first kappa shape index (κ1) is 16.2. The highest BCUT2D eigenvalue weighted by molar-refractivity contribution is 14.1. The zero-order valence-electron chi connectivity index (χ0n) is 10.3. The number of primary amides is 1. The summed E-state index contributed by atoms with van der Waals surface area (Å²) in [7, 11) is 0. The maximum atomic E-state index is 11.9. The molecule has 0 aliphatic rings. The minimum absolute atomic E-state index is 0.0257. The summed E-state index contributed by atoms with van der Waals surface area (Å²) in [5, 5.41) is 20.8. The molecule has 0 radical (unpaired) electrons. The van der Waals surface area contributed by atoms with E-state index in [1.807, 2.05) is 22.6 Å². The minimum Gasteiger partial charge on any atom is -0.507 e. The van der Waals surface area contributed by atoms with E-state index in [0.29, 0.717) is 0 Å². The Morgan fingerprint density at radius 2 is 2.00 bits per heavy atom. The molecule has 0 aliphatic carbocycles. The SMILES string of the molecule is NC(=O)CC[C@@H](NC(=O)c1cc(I)ccc1O)C(=O)O. The average molecular weight is 392 g/mol. The van der Waals surface area contributed by atoms with Gasteiger partial charge in [-0.3, -0.25) is 9.59 Å². The Kier molecular flexibility index (Phi) is 5.74. The molecular weight excluding hydrogens is 379 g/mol. The predicted octanol–water partition coefficient (Wildman–Crippen LogP) is 0.445. The number of aromatic hydroxyl groups is 1. The van der Waals surface area contributed by atoms with Crippen LogP contribution in [0, 0.1) is 3.57 Å². The van der Waals surface area contributed by atoms with Gasteiger partial charge in [-0.2, -0.15) is 0 Å². The van der Waals surface area contributed by atoms with Crippen molar-refractivity contribution >= 4 is 40.4 Å². The molecule has 108 valence electrons. The summed E-state index contributed by atoms with van der Waals surface area (Å²) in [4.78, 5) is 33.6. The summed E-state index contributed by atoms with van der Waals surface area (Å²) in [6.45, 7) is 0. The molecule has 0 saturated heterocycles. The third kappa shape index (κ3) is 4.68. The van der Waals surface area contributed by atoms with Gasteiger partial charge in [0.25, 0.3) is 5.91 Å². The molecule has 0 bridgehead atoms. The van der Waals surface area contributed by atoms with E-state index >= 15 is 0 Å². The van der Waals surface area contributed by atoms with Crippen LogP contribution in [-0.4, -0.2) is 34.0 Å².